The van der Waals surface area contributed by atoms with Gasteiger partial charge in [0, 0.05) is 25.7 Å². The Hall–Kier alpha value is -1.20. The van der Waals surface area contributed by atoms with Crippen LogP contribution < -0.4 is 10.2 Å². The summed E-state index contributed by atoms with van der Waals surface area (Å²) in [7, 11) is 6.17. The van der Waals surface area contributed by atoms with Crippen molar-refractivity contribution in [2.75, 3.05) is 39.1 Å². The van der Waals surface area contributed by atoms with Crippen LogP contribution >= 0.6 is 0 Å². The van der Waals surface area contributed by atoms with Crippen molar-refractivity contribution >= 4 is 5.82 Å². The molecule has 1 aliphatic rings. The van der Waals surface area contributed by atoms with Crippen LogP contribution in [0, 0.1) is 0 Å². The maximum atomic E-state index is 4.54. The second-order valence-corrected chi connectivity index (χ2v) is 5.15. The Morgan fingerprint density at radius 3 is 2.83 bits per heavy atom. The fourth-order valence-corrected chi connectivity index (χ4v) is 2.52. The van der Waals surface area contributed by atoms with Crippen molar-refractivity contribution in [3.8, 4) is 0 Å². The van der Waals surface area contributed by atoms with Crippen molar-refractivity contribution in [2.45, 2.75) is 25.4 Å². The summed E-state index contributed by atoms with van der Waals surface area (Å²) in [5, 5.41) is 3.09. The van der Waals surface area contributed by atoms with Gasteiger partial charge in [-0.3, -0.25) is 4.98 Å². The molecular weight excluding hydrogens is 226 g/mol. The van der Waals surface area contributed by atoms with Gasteiger partial charge in [-0.05, 0) is 34.0 Å². The van der Waals surface area contributed by atoms with Crippen molar-refractivity contribution in [1.82, 2.24) is 20.2 Å². The van der Waals surface area contributed by atoms with E-state index < -0.39 is 0 Å². The summed E-state index contributed by atoms with van der Waals surface area (Å²) >= 11 is 0. The van der Waals surface area contributed by atoms with Gasteiger partial charge in [-0.15, -0.1) is 0 Å². The quantitative estimate of drug-likeness (QED) is 0.833. The molecule has 1 fully saturated rings. The molecule has 1 aromatic heterocycles. The highest BCUT2D eigenvalue weighted by Crippen LogP contribution is 2.23. The molecule has 1 aliphatic heterocycles. The average molecular weight is 249 g/mol. The second-order valence-electron chi connectivity index (χ2n) is 5.15. The van der Waals surface area contributed by atoms with Crippen LogP contribution in [0.1, 0.15) is 18.5 Å². The molecule has 5 heteroatoms. The van der Waals surface area contributed by atoms with E-state index in [4.69, 9.17) is 0 Å². The molecule has 0 saturated carbocycles. The van der Waals surface area contributed by atoms with Gasteiger partial charge in [-0.1, -0.05) is 0 Å². The van der Waals surface area contributed by atoms with Crippen molar-refractivity contribution in [3.63, 3.8) is 0 Å². The summed E-state index contributed by atoms with van der Waals surface area (Å²) in [6.07, 6.45) is 6.27. The monoisotopic (exact) mass is 249 g/mol. The zero-order valence-corrected chi connectivity index (χ0v) is 11.6. The molecule has 1 N–H and O–H groups in total. The van der Waals surface area contributed by atoms with Gasteiger partial charge in [0.2, 0.25) is 0 Å². The van der Waals surface area contributed by atoms with E-state index in [-0.39, 0.29) is 0 Å². The van der Waals surface area contributed by atoms with Gasteiger partial charge >= 0.3 is 0 Å². The van der Waals surface area contributed by atoms with Crippen LogP contribution in [-0.2, 0) is 6.54 Å². The van der Waals surface area contributed by atoms with Crippen LogP contribution in [0.5, 0.6) is 0 Å². The maximum Gasteiger partial charge on any atom is 0.147 e. The van der Waals surface area contributed by atoms with Crippen LogP contribution in [-0.4, -0.2) is 55.1 Å². The Labute approximate surface area is 109 Å². The third-order valence-corrected chi connectivity index (χ3v) is 3.30. The van der Waals surface area contributed by atoms with Gasteiger partial charge in [-0.2, -0.15) is 0 Å². The minimum atomic E-state index is 0.574. The predicted molar refractivity (Wildman–Crippen MR) is 73.7 cm³/mol. The Morgan fingerprint density at radius 1 is 1.39 bits per heavy atom. The van der Waals surface area contributed by atoms with E-state index >= 15 is 0 Å². The number of nitrogens with zero attached hydrogens (tertiary/aromatic N) is 4. The van der Waals surface area contributed by atoms with Gasteiger partial charge in [0.25, 0.3) is 0 Å². The molecule has 0 bridgehead atoms. The first-order valence-electron chi connectivity index (χ1n) is 6.57. The molecule has 100 valence electrons. The van der Waals surface area contributed by atoms with Gasteiger partial charge in [0.1, 0.15) is 5.82 Å². The Kier molecular flexibility index (Phi) is 4.49. The van der Waals surface area contributed by atoms with Crippen molar-refractivity contribution in [1.29, 1.82) is 0 Å². The molecule has 0 radical (unpaired) electrons. The van der Waals surface area contributed by atoms with E-state index in [0.717, 1.165) is 31.1 Å². The van der Waals surface area contributed by atoms with Crippen LogP contribution in [0.15, 0.2) is 12.4 Å². The first kappa shape index (κ1) is 13.2. The molecule has 2 rings (SSSR count). The van der Waals surface area contributed by atoms with Crippen molar-refractivity contribution < 1.29 is 0 Å². The third-order valence-electron chi connectivity index (χ3n) is 3.30. The summed E-state index contributed by atoms with van der Waals surface area (Å²) in [6, 6.07) is 0.574. The maximum absolute atomic E-state index is 4.54. The highest BCUT2D eigenvalue weighted by Gasteiger charge is 2.26. The van der Waals surface area contributed by atoms with Crippen LogP contribution in [0.3, 0.4) is 0 Å². The molecule has 18 heavy (non-hydrogen) atoms. The molecule has 2 heterocycles. The molecule has 0 aliphatic carbocycles. The van der Waals surface area contributed by atoms with E-state index in [1.165, 1.54) is 12.8 Å². The standard InChI is InChI=1S/C13H23N5/c1-14-7-11-8-16-13(9-15-11)18-6-4-5-12(18)10-17(2)3/h8-9,12,14H,4-7,10H2,1-3H3. The van der Waals surface area contributed by atoms with Crippen LogP contribution in [0.4, 0.5) is 5.82 Å². The molecule has 1 saturated heterocycles. The lowest BCUT2D eigenvalue weighted by Crippen LogP contribution is -2.38. The first-order valence-corrected chi connectivity index (χ1v) is 6.57. The summed E-state index contributed by atoms with van der Waals surface area (Å²) in [5.74, 6) is 1.01. The van der Waals surface area contributed by atoms with E-state index in [1.807, 2.05) is 19.4 Å². The number of nitrogens with one attached hydrogen (secondary N) is 1. The number of rotatable bonds is 5. The van der Waals surface area contributed by atoms with Gasteiger partial charge in [0.15, 0.2) is 0 Å². The van der Waals surface area contributed by atoms with E-state index in [2.05, 4.69) is 39.2 Å². The van der Waals surface area contributed by atoms with Gasteiger partial charge < -0.3 is 15.1 Å². The topological polar surface area (TPSA) is 44.3 Å². The van der Waals surface area contributed by atoms with E-state index in [1.54, 1.807) is 0 Å². The summed E-state index contributed by atoms with van der Waals surface area (Å²) in [5.41, 5.74) is 0.990. The minimum Gasteiger partial charge on any atom is -0.351 e. The minimum absolute atomic E-state index is 0.574. The van der Waals surface area contributed by atoms with Crippen molar-refractivity contribution in [2.24, 2.45) is 0 Å². The lowest BCUT2D eigenvalue weighted by atomic mass is 10.2. The molecule has 1 atom stereocenters. The van der Waals surface area contributed by atoms with Crippen LogP contribution in [0.25, 0.3) is 0 Å². The molecule has 0 spiro atoms. The fraction of sp³-hybridized carbons (Fsp3) is 0.692. The molecule has 1 unspecified atom stereocenters. The Bertz CT molecular complexity index is 362. The first-order chi connectivity index (χ1) is 8.70. The molecule has 1 aromatic rings. The van der Waals surface area contributed by atoms with Gasteiger partial charge in [0.05, 0.1) is 18.1 Å². The Morgan fingerprint density at radius 2 is 2.22 bits per heavy atom. The summed E-state index contributed by atoms with van der Waals surface area (Å²) in [4.78, 5) is 13.6. The second kappa shape index (κ2) is 6.11. The smallest absolute Gasteiger partial charge is 0.147 e. The number of likely N-dealkylation sites (N-methyl/N-ethyl adjacent to an activating group) is 1. The molecular formula is C13H23N5. The largest absolute Gasteiger partial charge is 0.351 e. The van der Waals surface area contributed by atoms with Crippen molar-refractivity contribution in [3.05, 3.63) is 18.1 Å². The molecule has 0 amide bonds. The zero-order valence-electron chi connectivity index (χ0n) is 11.6. The number of aromatic nitrogens is 2. The van der Waals surface area contributed by atoms with Crippen LogP contribution in [0.2, 0.25) is 0 Å². The third kappa shape index (κ3) is 3.17. The lowest BCUT2D eigenvalue weighted by molar-refractivity contribution is 0.371. The summed E-state index contributed by atoms with van der Waals surface area (Å²) in [6.45, 7) is 2.95. The number of hydrogen-bond acceptors (Lipinski definition) is 5. The Balaban J connectivity index is 2.05. The highest BCUT2D eigenvalue weighted by atomic mass is 15.3. The predicted octanol–water partition coefficient (Wildman–Crippen LogP) is 0.726. The van der Waals surface area contributed by atoms with E-state index in [0.29, 0.717) is 6.04 Å². The number of hydrogen-bond donors (Lipinski definition) is 1. The lowest BCUT2D eigenvalue weighted by Gasteiger charge is -2.27. The highest BCUT2D eigenvalue weighted by molar-refractivity contribution is 5.39. The number of anilines is 1. The zero-order chi connectivity index (χ0) is 13.0. The fourth-order valence-electron chi connectivity index (χ4n) is 2.52. The SMILES string of the molecule is CNCc1cnc(N2CCCC2CN(C)C)cn1. The molecule has 0 aromatic carbocycles. The van der Waals surface area contributed by atoms with Gasteiger partial charge in [-0.25, -0.2) is 4.98 Å². The average Bonchev–Trinajstić information content (AvgIpc) is 2.78. The normalized spacial score (nSPS) is 19.8. The summed E-state index contributed by atoms with van der Waals surface area (Å²) < 4.78 is 0. The molecule has 5 nitrogen and oxygen atoms in total. The van der Waals surface area contributed by atoms with E-state index in [9.17, 15) is 0 Å².